The summed E-state index contributed by atoms with van der Waals surface area (Å²) in [6.07, 6.45) is 2.31. The minimum absolute atomic E-state index is 0.0147. The summed E-state index contributed by atoms with van der Waals surface area (Å²) in [5.74, 6) is -3.37. The molecule has 2 rings (SSSR count). The highest BCUT2D eigenvalue weighted by Gasteiger charge is 2.41. The van der Waals surface area contributed by atoms with Crippen LogP contribution in [0.5, 0.6) is 0 Å². The first-order valence-electron chi connectivity index (χ1n) is 6.03. The minimum atomic E-state index is -1.53. The zero-order valence-electron chi connectivity index (χ0n) is 11.0. The number of aromatic nitrogens is 1. The lowest BCUT2D eigenvalue weighted by Crippen LogP contribution is -2.45. The Kier molecular flexibility index (Phi) is 4.88. The van der Waals surface area contributed by atoms with Gasteiger partial charge in [-0.05, 0) is 18.2 Å². The Labute approximate surface area is 134 Å². The van der Waals surface area contributed by atoms with Crippen LogP contribution in [0, 0.1) is 0 Å². The van der Waals surface area contributed by atoms with Crippen molar-refractivity contribution in [3.8, 4) is 0 Å². The number of amides is 1. The van der Waals surface area contributed by atoms with E-state index in [4.69, 9.17) is 22.4 Å². The normalized spacial score (nSPS) is 17.8. The van der Waals surface area contributed by atoms with Gasteiger partial charge in [-0.15, -0.1) is 0 Å². The molecule has 1 saturated heterocycles. The Morgan fingerprint density at radius 2 is 2.14 bits per heavy atom. The molecule has 0 aromatic carbocycles. The van der Waals surface area contributed by atoms with E-state index in [1.807, 2.05) is 0 Å². The Hall–Kier alpha value is -2.26. The fourth-order valence-corrected chi connectivity index (χ4v) is 3.14. The van der Waals surface area contributed by atoms with Crippen LogP contribution in [0.1, 0.15) is 12.1 Å². The molecular formula is C13H10N2O5S2. The number of thioether (sulfide) groups is 1. The van der Waals surface area contributed by atoms with Crippen molar-refractivity contribution in [3.05, 3.63) is 35.0 Å². The van der Waals surface area contributed by atoms with Crippen LogP contribution in [-0.2, 0) is 14.4 Å². The van der Waals surface area contributed by atoms with Crippen molar-refractivity contribution in [3.63, 3.8) is 0 Å². The van der Waals surface area contributed by atoms with Gasteiger partial charge in [0.25, 0.3) is 5.91 Å². The minimum Gasteiger partial charge on any atom is -0.481 e. The first-order valence-corrected chi connectivity index (χ1v) is 7.25. The number of carbonyl (C=O) groups is 3. The quantitative estimate of drug-likeness (QED) is 0.609. The molecule has 0 spiro atoms. The third-order valence-corrected chi connectivity index (χ3v) is 4.09. The van der Waals surface area contributed by atoms with Gasteiger partial charge < -0.3 is 10.2 Å². The van der Waals surface area contributed by atoms with Crippen LogP contribution in [0.4, 0.5) is 0 Å². The van der Waals surface area contributed by atoms with Gasteiger partial charge in [0, 0.05) is 6.20 Å². The lowest BCUT2D eigenvalue weighted by Gasteiger charge is -2.21. The number of pyridine rings is 1. The number of aliphatic carboxylic acids is 2. The molecule has 114 valence electrons. The van der Waals surface area contributed by atoms with Crippen molar-refractivity contribution in [2.24, 2.45) is 0 Å². The molecule has 1 aliphatic heterocycles. The van der Waals surface area contributed by atoms with Crippen molar-refractivity contribution >= 4 is 52.2 Å². The van der Waals surface area contributed by atoms with Crippen LogP contribution in [0.3, 0.4) is 0 Å². The van der Waals surface area contributed by atoms with E-state index in [0.717, 1.165) is 16.7 Å². The summed E-state index contributed by atoms with van der Waals surface area (Å²) >= 11 is 5.93. The van der Waals surface area contributed by atoms with Gasteiger partial charge in [-0.25, -0.2) is 4.79 Å². The summed E-state index contributed by atoms with van der Waals surface area (Å²) in [5, 5.41) is 17.9. The van der Waals surface area contributed by atoms with Crippen LogP contribution in [0.15, 0.2) is 29.3 Å². The Balaban J connectivity index is 2.30. The summed E-state index contributed by atoms with van der Waals surface area (Å²) in [6, 6.07) is 3.61. The number of hydrogen-bond donors (Lipinski definition) is 2. The molecule has 9 heteroatoms. The van der Waals surface area contributed by atoms with Crippen molar-refractivity contribution in [1.82, 2.24) is 9.88 Å². The van der Waals surface area contributed by atoms with Gasteiger partial charge in [-0.2, -0.15) is 0 Å². The lowest BCUT2D eigenvalue weighted by atomic mass is 10.2. The molecule has 1 amide bonds. The number of carbonyl (C=O) groups excluding carboxylic acids is 1. The zero-order chi connectivity index (χ0) is 16.3. The van der Waals surface area contributed by atoms with Crippen molar-refractivity contribution in [1.29, 1.82) is 0 Å². The average Bonchev–Trinajstić information content (AvgIpc) is 2.72. The van der Waals surface area contributed by atoms with Gasteiger partial charge in [0.1, 0.15) is 10.4 Å². The Bertz CT molecular complexity index is 674. The molecule has 0 aliphatic carbocycles. The number of carboxylic acid groups (broad SMARTS) is 2. The second-order valence-electron chi connectivity index (χ2n) is 4.26. The maximum Gasteiger partial charge on any atom is 0.327 e. The molecule has 22 heavy (non-hydrogen) atoms. The van der Waals surface area contributed by atoms with Crippen molar-refractivity contribution in [2.75, 3.05) is 0 Å². The molecule has 1 aliphatic rings. The second kappa shape index (κ2) is 6.67. The monoisotopic (exact) mass is 338 g/mol. The van der Waals surface area contributed by atoms with E-state index in [9.17, 15) is 14.4 Å². The van der Waals surface area contributed by atoms with Gasteiger partial charge >= 0.3 is 11.9 Å². The predicted molar refractivity (Wildman–Crippen MR) is 82.9 cm³/mol. The van der Waals surface area contributed by atoms with Crippen LogP contribution < -0.4 is 0 Å². The first-order chi connectivity index (χ1) is 10.4. The average molecular weight is 338 g/mol. The predicted octanol–water partition coefficient (Wildman–Crippen LogP) is 1.21. The van der Waals surface area contributed by atoms with Crippen LogP contribution >= 0.6 is 24.0 Å². The SMILES string of the molecule is O=C(O)CC(C(=O)O)N1C(=O)/C(=C/c2ccccn2)SC1=S. The number of carboxylic acids is 2. The molecule has 0 saturated carbocycles. The first kappa shape index (κ1) is 16.1. The summed E-state index contributed by atoms with van der Waals surface area (Å²) in [6.45, 7) is 0. The molecule has 1 atom stereocenters. The molecule has 2 N–H and O–H groups in total. The molecular weight excluding hydrogens is 328 g/mol. The van der Waals surface area contributed by atoms with Gasteiger partial charge in [-0.3, -0.25) is 19.5 Å². The van der Waals surface area contributed by atoms with Crippen LogP contribution in [-0.4, -0.2) is 48.3 Å². The molecule has 0 radical (unpaired) electrons. The van der Waals surface area contributed by atoms with E-state index >= 15 is 0 Å². The molecule has 0 bridgehead atoms. The fraction of sp³-hybridized carbons (Fsp3) is 0.154. The second-order valence-corrected chi connectivity index (χ2v) is 5.93. The van der Waals surface area contributed by atoms with E-state index in [-0.39, 0.29) is 9.23 Å². The van der Waals surface area contributed by atoms with E-state index in [0.29, 0.717) is 5.69 Å². The highest BCUT2D eigenvalue weighted by molar-refractivity contribution is 8.26. The third kappa shape index (κ3) is 3.49. The number of thiocarbonyl (C=S) groups is 1. The standard InChI is InChI=1S/C13H10N2O5S2/c16-10(17)6-8(12(19)20)15-11(18)9(22-13(15)21)5-7-3-1-2-4-14-7/h1-5,8H,6H2,(H,16,17)(H,19,20)/b9-5-. The van der Waals surface area contributed by atoms with Gasteiger partial charge in [-0.1, -0.05) is 30.0 Å². The topological polar surface area (TPSA) is 108 Å². The number of rotatable bonds is 5. The van der Waals surface area contributed by atoms with Gasteiger partial charge in [0.2, 0.25) is 0 Å². The van der Waals surface area contributed by atoms with Crippen LogP contribution in [0.25, 0.3) is 6.08 Å². The maximum absolute atomic E-state index is 12.3. The molecule has 7 nitrogen and oxygen atoms in total. The molecule has 1 unspecified atom stereocenters. The largest absolute Gasteiger partial charge is 0.481 e. The lowest BCUT2D eigenvalue weighted by molar-refractivity contribution is -0.150. The number of hydrogen-bond acceptors (Lipinski definition) is 6. The number of nitrogens with zero attached hydrogens (tertiary/aromatic N) is 2. The van der Waals surface area contributed by atoms with Gasteiger partial charge in [0.05, 0.1) is 17.0 Å². The highest BCUT2D eigenvalue weighted by atomic mass is 32.2. The summed E-state index contributed by atoms with van der Waals surface area (Å²) in [7, 11) is 0. The van der Waals surface area contributed by atoms with E-state index in [2.05, 4.69) is 4.98 Å². The highest BCUT2D eigenvalue weighted by Crippen LogP contribution is 2.34. The zero-order valence-corrected chi connectivity index (χ0v) is 12.6. The fourth-order valence-electron chi connectivity index (χ4n) is 1.80. The molecule has 2 heterocycles. The smallest absolute Gasteiger partial charge is 0.327 e. The van der Waals surface area contributed by atoms with Crippen molar-refractivity contribution < 1.29 is 24.6 Å². The molecule has 1 fully saturated rings. The third-order valence-electron chi connectivity index (χ3n) is 2.75. The summed E-state index contributed by atoms with van der Waals surface area (Å²) in [4.78, 5) is 39.4. The van der Waals surface area contributed by atoms with E-state index < -0.39 is 30.3 Å². The van der Waals surface area contributed by atoms with E-state index in [1.54, 1.807) is 24.4 Å². The summed E-state index contributed by atoms with van der Waals surface area (Å²) in [5.41, 5.74) is 0.521. The molecule has 1 aromatic rings. The molecule has 1 aromatic heterocycles. The van der Waals surface area contributed by atoms with Gasteiger partial charge in [0.15, 0.2) is 0 Å². The van der Waals surface area contributed by atoms with E-state index in [1.165, 1.54) is 6.08 Å². The maximum atomic E-state index is 12.3. The Morgan fingerprint density at radius 1 is 1.41 bits per heavy atom. The summed E-state index contributed by atoms with van der Waals surface area (Å²) < 4.78 is 0.0147. The van der Waals surface area contributed by atoms with Crippen LogP contribution in [0.2, 0.25) is 0 Å². The Morgan fingerprint density at radius 3 is 2.68 bits per heavy atom. The van der Waals surface area contributed by atoms with Crippen molar-refractivity contribution in [2.45, 2.75) is 12.5 Å².